The predicted octanol–water partition coefficient (Wildman–Crippen LogP) is 2.59. The molecule has 2 aromatic carbocycles. The first kappa shape index (κ1) is 11.0. The van der Waals surface area contributed by atoms with Gasteiger partial charge in [-0.3, -0.25) is 0 Å². The van der Waals surface area contributed by atoms with Gasteiger partial charge in [-0.2, -0.15) is 0 Å². The summed E-state index contributed by atoms with van der Waals surface area (Å²) in [5, 5.41) is 27.5. The maximum Gasteiger partial charge on any atom is 0.146 e. The Hall–Kier alpha value is -2.08. The number of halogens is 1. The summed E-state index contributed by atoms with van der Waals surface area (Å²) in [6, 6.07) is 9.82. The van der Waals surface area contributed by atoms with Crippen molar-refractivity contribution in [2.24, 2.45) is 0 Å². The van der Waals surface area contributed by atoms with Crippen molar-refractivity contribution in [3.8, 4) is 17.2 Å². The van der Waals surface area contributed by atoms with Gasteiger partial charge in [-0.25, -0.2) is 0 Å². The summed E-state index contributed by atoms with van der Waals surface area (Å²) >= 11 is 3.36. The number of rotatable bonds is 1. The lowest BCUT2D eigenvalue weighted by molar-refractivity contribution is 0.446. The highest BCUT2D eigenvalue weighted by atomic mass is 79.9. The quantitative estimate of drug-likeness (QED) is 0.725. The lowest BCUT2D eigenvalue weighted by atomic mass is 10.3. The summed E-state index contributed by atoms with van der Waals surface area (Å²) in [4.78, 5) is 1.34. The second-order valence-electron chi connectivity index (χ2n) is 3.80. The average molecular weight is 306 g/mol. The number of phenols is 2. The molecule has 0 bridgehead atoms. The molecule has 1 heterocycles. The molecule has 0 saturated heterocycles. The number of fused-ring (bicyclic) bond motifs is 1. The highest BCUT2D eigenvalue weighted by molar-refractivity contribution is 9.10. The van der Waals surface area contributed by atoms with E-state index in [1.165, 1.54) is 16.9 Å². The van der Waals surface area contributed by atoms with E-state index in [-0.39, 0.29) is 11.5 Å². The molecular formula is C12H8BrN3O2. The Labute approximate surface area is 110 Å². The molecule has 5 nitrogen and oxygen atoms in total. The van der Waals surface area contributed by atoms with E-state index in [0.29, 0.717) is 5.69 Å². The minimum Gasteiger partial charge on any atom is -0.508 e. The van der Waals surface area contributed by atoms with Gasteiger partial charge in [0.2, 0.25) is 0 Å². The van der Waals surface area contributed by atoms with Crippen LogP contribution in [0.25, 0.3) is 16.7 Å². The van der Waals surface area contributed by atoms with Gasteiger partial charge in [-0.1, -0.05) is 15.9 Å². The van der Waals surface area contributed by atoms with Crippen molar-refractivity contribution in [2.45, 2.75) is 0 Å². The Balaban J connectivity index is 2.19. The number of benzene rings is 2. The second kappa shape index (κ2) is 3.99. The summed E-state index contributed by atoms with van der Waals surface area (Å²) in [5.41, 5.74) is 1.86. The number of hydrogen-bond acceptors (Lipinski definition) is 4. The Bertz CT molecular complexity index is 739. The predicted molar refractivity (Wildman–Crippen MR) is 69.9 cm³/mol. The van der Waals surface area contributed by atoms with Crippen LogP contribution in [0.5, 0.6) is 11.5 Å². The number of phenolic OH excluding ortho intramolecular Hbond substituents is 2. The number of aromatic hydroxyl groups is 2. The van der Waals surface area contributed by atoms with Gasteiger partial charge < -0.3 is 10.2 Å². The Morgan fingerprint density at radius 2 is 1.72 bits per heavy atom. The second-order valence-corrected chi connectivity index (χ2v) is 4.71. The summed E-state index contributed by atoms with van der Waals surface area (Å²) in [5.74, 6) is -0.0786. The highest BCUT2D eigenvalue weighted by Crippen LogP contribution is 2.26. The smallest absolute Gasteiger partial charge is 0.146 e. The molecule has 0 amide bonds. The molecule has 1 aromatic heterocycles. The minimum atomic E-state index is -0.0747. The fraction of sp³-hybridized carbons (Fsp3) is 0. The molecule has 2 N–H and O–H groups in total. The normalized spacial score (nSPS) is 10.9. The summed E-state index contributed by atoms with van der Waals surface area (Å²) in [6.45, 7) is 0. The van der Waals surface area contributed by atoms with Gasteiger partial charge in [-0.05, 0) is 30.3 Å². The monoisotopic (exact) mass is 305 g/mol. The first-order valence-electron chi connectivity index (χ1n) is 5.18. The molecule has 0 atom stereocenters. The molecular weight excluding hydrogens is 298 g/mol. The Morgan fingerprint density at radius 3 is 2.50 bits per heavy atom. The third-order valence-corrected chi connectivity index (χ3v) is 3.01. The van der Waals surface area contributed by atoms with Crippen LogP contribution >= 0.6 is 15.9 Å². The number of nitrogens with zero attached hydrogens (tertiary/aromatic N) is 3. The Kier molecular flexibility index (Phi) is 2.45. The van der Waals surface area contributed by atoms with Gasteiger partial charge in [0.15, 0.2) is 0 Å². The van der Waals surface area contributed by atoms with Crippen LogP contribution in [0.15, 0.2) is 40.9 Å². The maximum absolute atomic E-state index is 9.75. The minimum absolute atomic E-state index is 0.00398. The third kappa shape index (κ3) is 1.80. The first-order valence-corrected chi connectivity index (χ1v) is 5.98. The van der Waals surface area contributed by atoms with Crippen molar-refractivity contribution in [1.82, 2.24) is 15.0 Å². The molecule has 0 aliphatic carbocycles. The topological polar surface area (TPSA) is 71.2 Å². The SMILES string of the molecule is Oc1ccc(-n2nc3ccc(Br)cc3n2)c(O)c1. The Morgan fingerprint density at radius 1 is 0.944 bits per heavy atom. The van der Waals surface area contributed by atoms with Crippen LogP contribution < -0.4 is 0 Å². The molecule has 0 spiro atoms. The van der Waals surface area contributed by atoms with E-state index in [0.717, 1.165) is 15.5 Å². The molecule has 6 heteroatoms. The third-order valence-electron chi connectivity index (χ3n) is 2.52. The van der Waals surface area contributed by atoms with Crippen molar-refractivity contribution in [2.75, 3.05) is 0 Å². The largest absolute Gasteiger partial charge is 0.508 e. The van der Waals surface area contributed by atoms with Crippen molar-refractivity contribution in [1.29, 1.82) is 0 Å². The van der Waals surface area contributed by atoms with Gasteiger partial charge in [0.25, 0.3) is 0 Å². The van der Waals surface area contributed by atoms with Crippen LogP contribution in [0.1, 0.15) is 0 Å². The van der Waals surface area contributed by atoms with E-state index < -0.39 is 0 Å². The summed E-state index contributed by atoms with van der Waals surface area (Å²) in [6.07, 6.45) is 0. The molecule has 0 saturated carbocycles. The lowest BCUT2D eigenvalue weighted by Gasteiger charge is -2.02. The van der Waals surface area contributed by atoms with Gasteiger partial charge >= 0.3 is 0 Å². The van der Waals surface area contributed by atoms with E-state index in [9.17, 15) is 10.2 Å². The zero-order chi connectivity index (χ0) is 12.7. The summed E-state index contributed by atoms with van der Waals surface area (Å²) in [7, 11) is 0. The average Bonchev–Trinajstić information content (AvgIpc) is 2.71. The van der Waals surface area contributed by atoms with Crippen molar-refractivity contribution in [3.05, 3.63) is 40.9 Å². The van der Waals surface area contributed by atoms with E-state index >= 15 is 0 Å². The van der Waals surface area contributed by atoms with E-state index in [1.807, 2.05) is 18.2 Å². The van der Waals surface area contributed by atoms with Crippen LogP contribution in [0.3, 0.4) is 0 Å². The molecule has 3 aromatic rings. The first-order chi connectivity index (χ1) is 8.63. The van der Waals surface area contributed by atoms with Crippen molar-refractivity contribution in [3.63, 3.8) is 0 Å². The lowest BCUT2D eigenvalue weighted by Crippen LogP contribution is -1.98. The van der Waals surface area contributed by atoms with Crippen LogP contribution in [0, 0.1) is 0 Å². The molecule has 0 fully saturated rings. The van der Waals surface area contributed by atoms with Crippen LogP contribution in [0.2, 0.25) is 0 Å². The number of aromatic nitrogens is 3. The van der Waals surface area contributed by atoms with Crippen LogP contribution in [-0.2, 0) is 0 Å². The molecule has 18 heavy (non-hydrogen) atoms. The van der Waals surface area contributed by atoms with E-state index in [4.69, 9.17) is 0 Å². The fourth-order valence-electron chi connectivity index (χ4n) is 1.68. The summed E-state index contributed by atoms with van der Waals surface area (Å²) < 4.78 is 0.914. The molecule has 0 unspecified atom stereocenters. The van der Waals surface area contributed by atoms with Gasteiger partial charge in [0, 0.05) is 10.5 Å². The standard InChI is InChI=1S/C12H8BrN3O2/c13-7-1-3-9-10(5-7)15-16(14-9)11-4-2-8(17)6-12(11)18/h1-6,17-18H. The van der Waals surface area contributed by atoms with Gasteiger partial charge in [-0.15, -0.1) is 15.0 Å². The zero-order valence-electron chi connectivity index (χ0n) is 9.08. The van der Waals surface area contributed by atoms with E-state index in [1.54, 1.807) is 6.07 Å². The van der Waals surface area contributed by atoms with Crippen molar-refractivity contribution >= 4 is 27.0 Å². The van der Waals surface area contributed by atoms with Crippen LogP contribution in [-0.4, -0.2) is 25.2 Å². The maximum atomic E-state index is 9.75. The highest BCUT2D eigenvalue weighted by Gasteiger charge is 2.09. The van der Waals surface area contributed by atoms with Gasteiger partial charge in [0.05, 0.1) is 0 Å². The fourth-order valence-corrected chi connectivity index (χ4v) is 2.03. The molecule has 0 aliphatic rings. The van der Waals surface area contributed by atoms with E-state index in [2.05, 4.69) is 26.1 Å². The van der Waals surface area contributed by atoms with Crippen molar-refractivity contribution < 1.29 is 10.2 Å². The van der Waals surface area contributed by atoms with Crippen LogP contribution in [0.4, 0.5) is 0 Å². The number of hydrogen-bond donors (Lipinski definition) is 2. The molecule has 90 valence electrons. The van der Waals surface area contributed by atoms with Gasteiger partial charge in [0.1, 0.15) is 28.2 Å². The molecule has 0 aliphatic heterocycles. The zero-order valence-corrected chi connectivity index (χ0v) is 10.7. The molecule has 0 radical (unpaired) electrons. The molecule has 3 rings (SSSR count).